The van der Waals surface area contributed by atoms with Gasteiger partial charge in [-0.1, -0.05) is 11.6 Å². The van der Waals surface area contributed by atoms with Crippen LogP contribution in [0.5, 0.6) is 0 Å². The molecule has 0 radical (unpaired) electrons. The lowest BCUT2D eigenvalue weighted by atomic mass is 10.2. The molecule has 6 nitrogen and oxygen atoms in total. The summed E-state index contributed by atoms with van der Waals surface area (Å²) in [6.07, 6.45) is 2.89. The van der Waals surface area contributed by atoms with Crippen LogP contribution in [-0.4, -0.2) is 25.7 Å². The zero-order chi connectivity index (χ0) is 13.1. The van der Waals surface area contributed by atoms with Crippen molar-refractivity contribution in [2.75, 3.05) is 5.32 Å². The SMILES string of the molecule is Cc1nc(Cl)ccc1NC(=O)C(C)n1cncn1. The maximum atomic E-state index is 12.0. The van der Waals surface area contributed by atoms with Gasteiger partial charge < -0.3 is 5.32 Å². The number of hydrogen-bond donors (Lipinski definition) is 1. The first-order valence-electron chi connectivity index (χ1n) is 5.36. The highest BCUT2D eigenvalue weighted by Crippen LogP contribution is 2.17. The van der Waals surface area contributed by atoms with Gasteiger partial charge in [0, 0.05) is 0 Å². The molecule has 1 amide bonds. The fourth-order valence-corrected chi connectivity index (χ4v) is 1.63. The molecule has 1 unspecified atom stereocenters. The molecule has 2 aromatic heterocycles. The van der Waals surface area contributed by atoms with Crippen LogP contribution in [0, 0.1) is 6.92 Å². The summed E-state index contributed by atoms with van der Waals surface area (Å²) < 4.78 is 1.48. The Balaban J connectivity index is 2.12. The Bertz CT molecular complexity index is 555. The minimum Gasteiger partial charge on any atom is -0.323 e. The molecule has 0 saturated carbocycles. The molecule has 2 aromatic rings. The number of carbonyl (C=O) groups excluding carboxylic acids is 1. The lowest BCUT2D eigenvalue weighted by molar-refractivity contribution is -0.119. The lowest BCUT2D eigenvalue weighted by Gasteiger charge is -2.13. The summed E-state index contributed by atoms with van der Waals surface area (Å²) in [5.74, 6) is -0.187. The quantitative estimate of drug-likeness (QED) is 0.860. The monoisotopic (exact) mass is 265 g/mol. The standard InChI is InChI=1S/C11H12ClN5O/c1-7-9(3-4-10(12)15-7)16-11(18)8(2)17-6-13-5-14-17/h3-6,8H,1-2H3,(H,16,18). The van der Waals surface area contributed by atoms with Gasteiger partial charge >= 0.3 is 0 Å². The molecular formula is C11H12ClN5O. The summed E-state index contributed by atoms with van der Waals surface area (Å²) >= 11 is 5.75. The molecular weight excluding hydrogens is 254 g/mol. The summed E-state index contributed by atoms with van der Waals surface area (Å²) in [5.41, 5.74) is 1.30. The molecule has 0 aliphatic rings. The average molecular weight is 266 g/mol. The fraction of sp³-hybridized carbons (Fsp3) is 0.273. The maximum Gasteiger partial charge on any atom is 0.249 e. The Labute approximate surface area is 109 Å². The molecule has 0 aliphatic carbocycles. The largest absolute Gasteiger partial charge is 0.323 e. The zero-order valence-electron chi connectivity index (χ0n) is 9.96. The fourth-order valence-electron chi connectivity index (χ4n) is 1.44. The van der Waals surface area contributed by atoms with Gasteiger partial charge in [-0.3, -0.25) is 4.79 Å². The summed E-state index contributed by atoms with van der Waals surface area (Å²) in [5, 5.41) is 7.10. The predicted octanol–water partition coefficient (Wildman–Crippen LogP) is 1.83. The second-order valence-corrected chi connectivity index (χ2v) is 4.19. The van der Waals surface area contributed by atoms with Crippen LogP contribution in [-0.2, 0) is 4.79 Å². The van der Waals surface area contributed by atoms with Crippen molar-refractivity contribution in [3.05, 3.63) is 35.6 Å². The van der Waals surface area contributed by atoms with Gasteiger partial charge in [0.05, 0.1) is 11.4 Å². The second-order valence-electron chi connectivity index (χ2n) is 3.81. The minimum atomic E-state index is -0.442. The molecule has 0 aromatic carbocycles. The molecule has 0 fully saturated rings. The molecule has 7 heteroatoms. The van der Waals surface area contributed by atoms with Crippen molar-refractivity contribution < 1.29 is 4.79 Å². The van der Waals surface area contributed by atoms with E-state index in [1.165, 1.54) is 17.3 Å². The second kappa shape index (κ2) is 5.14. The van der Waals surface area contributed by atoms with Gasteiger partial charge in [0.1, 0.15) is 23.8 Å². The van der Waals surface area contributed by atoms with Crippen LogP contribution in [0.25, 0.3) is 0 Å². The topological polar surface area (TPSA) is 72.7 Å². The van der Waals surface area contributed by atoms with Crippen molar-refractivity contribution in [1.82, 2.24) is 19.7 Å². The van der Waals surface area contributed by atoms with E-state index in [0.717, 1.165) is 0 Å². The average Bonchev–Trinajstić information content (AvgIpc) is 2.85. The third-order valence-electron chi connectivity index (χ3n) is 2.52. The molecule has 18 heavy (non-hydrogen) atoms. The van der Waals surface area contributed by atoms with E-state index in [-0.39, 0.29) is 5.91 Å². The maximum absolute atomic E-state index is 12.0. The highest BCUT2D eigenvalue weighted by molar-refractivity contribution is 6.29. The highest BCUT2D eigenvalue weighted by Gasteiger charge is 2.16. The minimum absolute atomic E-state index is 0.187. The number of pyridine rings is 1. The van der Waals surface area contributed by atoms with Crippen LogP contribution in [0.4, 0.5) is 5.69 Å². The summed E-state index contributed by atoms with van der Waals surface area (Å²) in [6.45, 7) is 3.52. The van der Waals surface area contributed by atoms with Crippen LogP contribution < -0.4 is 5.32 Å². The Kier molecular flexibility index (Phi) is 3.57. The molecule has 2 rings (SSSR count). The number of aromatic nitrogens is 4. The van der Waals surface area contributed by atoms with Crippen LogP contribution in [0.2, 0.25) is 5.15 Å². The third kappa shape index (κ3) is 2.65. The van der Waals surface area contributed by atoms with Gasteiger partial charge in [-0.25, -0.2) is 14.6 Å². The van der Waals surface area contributed by atoms with Crippen LogP contribution in [0.3, 0.4) is 0 Å². The van der Waals surface area contributed by atoms with Gasteiger partial charge in [-0.05, 0) is 26.0 Å². The van der Waals surface area contributed by atoms with E-state index in [1.54, 1.807) is 26.0 Å². The van der Waals surface area contributed by atoms with Crippen molar-refractivity contribution in [2.24, 2.45) is 0 Å². The van der Waals surface area contributed by atoms with E-state index in [1.807, 2.05) is 0 Å². The number of amides is 1. The molecule has 0 bridgehead atoms. The van der Waals surface area contributed by atoms with Gasteiger partial charge in [-0.15, -0.1) is 0 Å². The molecule has 0 saturated heterocycles. The number of carbonyl (C=O) groups is 1. The van der Waals surface area contributed by atoms with E-state index < -0.39 is 6.04 Å². The zero-order valence-corrected chi connectivity index (χ0v) is 10.7. The Morgan fingerprint density at radius 2 is 2.28 bits per heavy atom. The normalized spacial score (nSPS) is 12.2. The predicted molar refractivity (Wildman–Crippen MR) is 67.3 cm³/mol. The van der Waals surface area contributed by atoms with Crippen molar-refractivity contribution in [2.45, 2.75) is 19.9 Å². The van der Waals surface area contributed by atoms with Gasteiger partial charge in [0.2, 0.25) is 5.91 Å². The van der Waals surface area contributed by atoms with Gasteiger partial charge in [0.25, 0.3) is 0 Å². The Hall–Kier alpha value is -1.95. The number of hydrogen-bond acceptors (Lipinski definition) is 4. The number of aryl methyl sites for hydroxylation is 1. The van der Waals surface area contributed by atoms with Crippen molar-refractivity contribution in [3.8, 4) is 0 Å². The Morgan fingerprint density at radius 3 is 2.89 bits per heavy atom. The molecule has 1 N–H and O–H groups in total. The first-order valence-corrected chi connectivity index (χ1v) is 5.74. The number of rotatable bonds is 3. The van der Waals surface area contributed by atoms with E-state index in [0.29, 0.717) is 16.5 Å². The van der Waals surface area contributed by atoms with Crippen LogP contribution in [0.1, 0.15) is 18.7 Å². The molecule has 2 heterocycles. The third-order valence-corrected chi connectivity index (χ3v) is 2.73. The smallest absolute Gasteiger partial charge is 0.249 e. The number of nitrogens with zero attached hydrogens (tertiary/aromatic N) is 4. The van der Waals surface area contributed by atoms with Crippen molar-refractivity contribution >= 4 is 23.2 Å². The molecule has 1 atom stereocenters. The van der Waals surface area contributed by atoms with E-state index in [9.17, 15) is 4.79 Å². The van der Waals surface area contributed by atoms with Gasteiger partial charge in [-0.2, -0.15) is 5.10 Å². The lowest BCUT2D eigenvalue weighted by Crippen LogP contribution is -2.24. The van der Waals surface area contributed by atoms with E-state index in [2.05, 4.69) is 20.4 Å². The highest BCUT2D eigenvalue weighted by atomic mass is 35.5. The molecule has 0 spiro atoms. The van der Waals surface area contributed by atoms with Gasteiger partial charge in [0.15, 0.2) is 0 Å². The van der Waals surface area contributed by atoms with Crippen LogP contribution >= 0.6 is 11.6 Å². The summed E-state index contributed by atoms with van der Waals surface area (Å²) in [6, 6.07) is 2.91. The molecule has 94 valence electrons. The Morgan fingerprint density at radius 1 is 1.50 bits per heavy atom. The van der Waals surface area contributed by atoms with Crippen LogP contribution in [0.15, 0.2) is 24.8 Å². The van der Waals surface area contributed by atoms with E-state index in [4.69, 9.17) is 11.6 Å². The first-order chi connectivity index (χ1) is 8.58. The molecule has 0 aliphatic heterocycles. The van der Waals surface area contributed by atoms with E-state index >= 15 is 0 Å². The number of anilines is 1. The number of nitrogens with one attached hydrogen (secondary N) is 1. The van der Waals surface area contributed by atoms with Crippen molar-refractivity contribution in [1.29, 1.82) is 0 Å². The summed E-state index contributed by atoms with van der Waals surface area (Å²) in [7, 11) is 0. The summed E-state index contributed by atoms with van der Waals surface area (Å²) in [4.78, 5) is 19.9. The number of halogens is 1. The first kappa shape index (κ1) is 12.5. The van der Waals surface area contributed by atoms with Crippen molar-refractivity contribution in [3.63, 3.8) is 0 Å².